The van der Waals surface area contributed by atoms with E-state index in [1.165, 1.54) is 0 Å². The molecule has 106 valence electrons. The van der Waals surface area contributed by atoms with Gasteiger partial charge in [-0.3, -0.25) is 4.79 Å². The zero-order valence-corrected chi connectivity index (χ0v) is 11.5. The summed E-state index contributed by atoms with van der Waals surface area (Å²) in [6.45, 7) is 1.86. The van der Waals surface area contributed by atoms with Crippen molar-refractivity contribution < 1.29 is 19.1 Å². The number of aryl methyl sites for hydroxylation is 2. The minimum atomic E-state index is -0.799. The molecular formula is C15H17NO4. The van der Waals surface area contributed by atoms with Crippen LogP contribution in [0.25, 0.3) is 11.5 Å². The van der Waals surface area contributed by atoms with Gasteiger partial charge >= 0.3 is 5.97 Å². The molecular weight excluding hydrogens is 258 g/mol. The molecule has 0 saturated carbocycles. The quantitative estimate of drug-likeness (QED) is 0.877. The van der Waals surface area contributed by atoms with Crippen molar-refractivity contribution in [3.63, 3.8) is 0 Å². The van der Waals surface area contributed by atoms with Crippen LogP contribution in [-0.4, -0.2) is 23.2 Å². The average molecular weight is 275 g/mol. The van der Waals surface area contributed by atoms with Crippen LogP contribution in [0, 0.1) is 6.92 Å². The fourth-order valence-corrected chi connectivity index (χ4v) is 2.00. The third-order valence-corrected chi connectivity index (χ3v) is 3.02. The van der Waals surface area contributed by atoms with Crippen molar-refractivity contribution in [3.8, 4) is 17.2 Å². The number of oxazole rings is 1. The van der Waals surface area contributed by atoms with Crippen LogP contribution in [0.4, 0.5) is 0 Å². The Labute approximate surface area is 117 Å². The summed E-state index contributed by atoms with van der Waals surface area (Å²) in [6.07, 6.45) is 1.24. The van der Waals surface area contributed by atoms with Crippen LogP contribution in [0.3, 0.4) is 0 Å². The maximum Gasteiger partial charge on any atom is 0.303 e. The van der Waals surface area contributed by atoms with Crippen molar-refractivity contribution in [3.05, 3.63) is 35.7 Å². The smallest absolute Gasteiger partial charge is 0.303 e. The van der Waals surface area contributed by atoms with E-state index in [-0.39, 0.29) is 6.42 Å². The molecule has 1 heterocycles. The molecule has 0 aliphatic carbocycles. The largest absolute Gasteiger partial charge is 0.496 e. The third-order valence-electron chi connectivity index (χ3n) is 3.02. The van der Waals surface area contributed by atoms with Crippen LogP contribution in [0.1, 0.15) is 24.3 Å². The van der Waals surface area contributed by atoms with Gasteiger partial charge in [-0.2, -0.15) is 0 Å². The Morgan fingerprint density at radius 2 is 2.15 bits per heavy atom. The molecule has 0 spiro atoms. The number of ether oxygens (including phenoxy) is 1. The van der Waals surface area contributed by atoms with E-state index in [9.17, 15) is 4.79 Å². The van der Waals surface area contributed by atoms with Gasteiger partial charge in [0, 0.05) is 12.8 Å². The van der Waals surface area contributed by atoms with Crippen molar-refractivity contribution in [1.82, 2.24) is 4.98 Å². The molecule has 0 aliphatic rings. The molecule has 2 aromatic rings. The highest BCUT2D eigenvalue weighted by atomic mass is 16.5. The summed E-state index contributed by atoms with van der Waals surface area (Å²) in [4.78, 5) is 14.9. The highest BCUT2D eigenvalue weighted by Crippen LogP contribution is 2.30. The first kappa shape index (κ1) is 14.1. The summed E-state index contributed by atoms with van der Waals surface area (Å²) in [5, 5.41) is 8.65. The molecule has 0 amide bonds. The van der Waals surface area contributed by atoms with Crippen molar-refractivity contribution in [2.45, 2.75) is 26.2 Å². The van der Waals surface area contributed by atoms with Gasteiger partial charge < -0.3 is 14.3 Å². The minimum Gasteiger partial charge on any atom is -0.496 e. The standard InChI is InChI=1S/C15H17NO4/c1-10-12(8-5-9-14(17)18)20-15(16-10)11-6-3-4-7-13(11)19-2/h3-4,6-7H,5,8-9H2,1-2H3,(H,17,18). The molecule has 0 aliphatic heterocycles. The van der Waals surface area contributed by atoms with Gasteiger partial charge in [-0.25, -0.2) is 4.98 Å². The molecule has 1 N–H and O–H groups in total. The maximum absolute atomic E-state index is 10.5. The predicted octanol–water partition coefficient (Wildman–Crippen LogP) is 3.07. The highest BCUT2D eigenvalue weighted by molar-refractivity contribution is 5.66. The number of nitrogens with zero attached hydrogens (tertiary/aromatic N) is 1. The monoisotopic (exact) mass is 275 g/mol. The normalized spacial score (nSPS) is 10.5. The lowest BCUT2D eigenvalue weighted by atomic mass is 10.2. The summed E-state index contributed by atoms with van der Waals surface area (Å²) in [5.41, 5.74) is 1.58. The van der Waals surface area contributed by atoms with Gasteiger partial charge in [0.05, 0.1) is 18.4 Å². The molecule has 20 heavy (non-hydrogen) atoms. The van der Waals surface area contributed by atoms with Crippen molar-refractivity contribution in [1.29, 1.82) is 0 Å². The lowest BCUT2D eigenvalue weighted by molar-refractivity contribution is -0.137. The van der Waals surface area contributed by atoms with Gasteiger partial charge in [-0.1, -0.05) is 12.1 Å². The van der Waals surface area contributed by atoms with E-state index in [1.54, 1.807) is 7.11 Å². The fraction of sp³-hybridized carbons (Fsp3) is 0.333. The highest BCUT2D eigenvalue weighted by Gasteiger charge is 2.14. The average Bonchev–Trinajstić information content (AvgIpc) is 2.80. The first-order chi connectivity index (χ1) is 9.61. The molecule has 0 fully saturated rings. The second-order valence-electron chi connectivity index (χ2n) is 4.48. The first-order valence-electron chi connectivity index (χ1n) is 6.43. The van der Waals surface area contributed by atoms with Crippen molar-refractivity contribution >= 4 is 5.97 Å². The summed E-state index contributed by atoms with van der Waals surface area (Å²) < 4.78 is 11.0. The molecule has 0 atom stereocenters. The summed E-state index contributed by atoms with van der Waals surface area (Å²) in [7, 11) is 1.60. The van der Waals surface area contributed by atoms with E-state index in [4.69, 9.17) is 14.3 Å². The molecule has 0 unspecified atom stereocenters. The van der Waals surface area contributed by atoms with Crippen LogP contribution < -0.4 is 4.74 Å². The second-order valence-corrected chi connectivity index (χ2v) is 4.48. The fourth-order valence-electron chi connectivity index (χ4n) is 2.00. The summed E-state index contributed by atoms with van der Waals surface area (Å²) in [5.74, 6) is 1.13. The van der Waals surface area contributed by atoms with Crippen molar-refractivity contribution in [2.24, 2.45) is 0 Å². The molecule has 5 nitrogen and oxygen atoms in total. The zero-order valence-electron chi connectivity index (χ0n) is 11.5. The van der Waals surface area contributed by atoms with Gasteiger partial charge in [0.2, 0.25) is 5.89 Å². The van der Waals surface area contributed by atoms with Crippen LogP contribution in [-0.2, 0) is 11.2 Å². The van der Waals surface area contributed by atoms with Gasteiger partial charge in [-0.15, -0.1) is 0 Å². The number of hydrogen-bond donors (Lipinski definition) is 1. The number of carbonyl (C=O) groups is 1. The predicted molar refractivity (Wildman–Crippen MR) is 73.8 cm³/mol. The lowest BCUT2D eigenvalue weighted by Crippen LogP contribution is -1.95. The lowest BCUT2D eigenvalue weighted by Gasteiger charge is -2.03. The number of hydrogen-bond acceptors (Lipinski definition) is 4. The molecule has 0 bridgehead atoms. The Balaban J connectivity index is 2.20. The maximum atomic E-state index is 10.5. The van der Waals surface area contributed by atoms with Gasteiger partial charge in [-0.05, 0) is 25.5 Å². The van der Waals surface area contributed by atoms with Crippen LogP contribution >= 0.6 is 0 Å². The summed E-state index contributed by atoms with van der Waals surface area (Å²) >= 11 is 0. The van der Waals surface area contributed by atoms with Crippen LogP contribution in [0.2, 0.25) is 0 Å². The van der Waals surface area contributed by atoms with Crippen LogP contribution in [0.15, 0.2) is 28.7 Å². The topological polar surface area (TPSA) is 72.6 Å². The molecule has 0 radical (unpaired) electrons. The number of carboxylic acid groups (broad SMARTS) is 1. The van der Waals surface area contributed by atoms with Crippen LogP contribution in [0.5, 0.6) is 5.75 Å². The van der Waals surface area contributed by atoms with Gasteiger partial charge in [0.25, 0.3) is 0 Å². The molecule has 1 aromatic heterocycles. The Bertz CT molecular complexity index is 604. The molecule has 0 saturated heterocycles. The number of methoxy groups -OCH3 is 1. The van der Waals surface area contributed by atoms with E-state index in [0.717, 1.165) is 17.0 Å². The van der Waals surface area contributed by atoms with Crippen molar-refractivity contribution in [2.75, 3.05) is 7.11 Å². The third kappa shape index (κ3) is 3.17. The number of aromatic nitrogens is 1. The van der Waals surface area contributed by atoms with E-state index in [0.29, 0.717) is 24.5 Å². The Morgan fingerprint density at radius 3 is 2.85 bits per heavy atom. The van der Waals surface area contributed by atoms with Gasteiger partial charge in [0.15, 0.2) is 0 Å². The zero-order chi connectivity index (χ0) is 14.5. The Morgan fingerprint density at radius 1 is 1.40 bits per heavy atom. The molecule has 5 heteroatoms. The number of rotatable bonds is 6. The Kier molecular flexibility index (Phi) is 4.40. The molecule has 1 aromatic carbocycles. The van der Waals surface area contributed by atoms with E-state index in [2.05, 4.69) is 4.98 Å². The van der Waals surface area contributed by atoms with E-state index < -0.39 is 5.97 Å². The molecule has 2 rings (SSSR count). The second kappa shape index (κ2) is 6.23. The Hall–Kier alpha value is -2.30. The summed E-state index contributed by atoms with van der Waals surface area (Å²) in [6, 6.07) is 7.50. The van der Waals surface area contributed by atoms with Gasteiger partial charge in [0.1, 0.15) is 11.5 Å². The van der Waals surface area contributed by atoms with E-state index >= 15 is 0 Å². The number of aliphatic carboxylic acids is 1. The number of benzene rings is 1. The van der Waals surface area contributed by atoms with E-state index in [1.807, 2.05) is 31.2 Å². The first-order valence-corrected chi connectivity index (χ1v) is 6.43. The SMILES string of the molecule is COc1ccccc1-c1nc(C)c(CCCC(=O)O)o1. The number of carboxylic acids is 1. The minimum absolute atomic E-state index is 0.129. The number of para-hydroxylation sites is 1.